The van der Waals surface area contributed by atoms with Crippen LogP contribution in [0.4, 0.5) is 4.79 Å². The third-order valence-electron chi connectivity index (χ3n) is 3.98. The van der Waals surface area contributed by atoms with E-state index in [0.29, 0.717) is 12.8 Å². The van der Waals surface area contributed by atoms with Gasteiger partial charge in [-0.05, 0) is 39.0 Å². The molecule has 1 saturated carbocycles. The molecule has 1 aliphatic rings. The molecule has 0 aromatic heterocycles. The van der Waals surface area contributed by atoms with E-state index < -0.39 is 5.97 Å². The number of aliphatic carboxylic acids is 1. The number of carboxylic acids is 1. The first-order valence-corrected chi connectivity index (χ1v) is 6.71. The van der Waals surface area contributed by atoms with Crippen LogP contribution in [0.3, 0.4) is 0 Å². The molecule has 0 spiro atoms. The largest absolute Gasteiger partial charge is 0.481 e. The van der Waals surface area contributed by atoms with Gasteiger partial charge in [-0.25, -0.2) is 4.79 Å². The maximum atomic E-state index is 11.9. The van der Waals surface area contributed by atoms with Gasteiger partial charge in [0.05, 0.1) is 5.92 Å². The van der Waals surface area contributed by atoms with Crippen molar-refractivity contribution in [3.63, 3.8) is 0 Å². The number of hydrogen-bond acceptors (Lipinski definition) is 2. The van der Waals surface area contributed by atoms with Crippen LogP contribution in [0.2, 0.25) is 0 Å². The van der Waals surface area contributed by atoms with Crippen LogP contribution in [0.15, 0.2) is 0 Å². The summed E-state index contributed by atoms with van der Waals surface area (Å²) < 4.78 is 0. The van der Waals surface area contributed by atoms with Gasteiger partial charge in [0.15, 0.2) is 0 Å². The van der Waals surface area contributed by atoms with Crippen LogP contribution in [-0.2, 0) is 4.79 Å². The fraction of sp³-hybridized carbons (Fsp3) is 0.846. The minimum Gasteiger partial charge on any atom is -0.481 e. The molecule has 1 aliphatic carbocycles. The van der Waals surface area contributed by atoms with E-state index in [1.807, 2.05) is 13.8 Å². The van der Waals surface area contributed by atoms with Crippen molar-refractivity contribution >= 4 is 12.0 Å². The molecule has 0 heterocycles. The van der Waals surface area contributed by atoms with Crippen molar-refractivity contribution in [2.24, 2.45) is 5.92 Å². The maximum Gasteiger partial charge on any atom is 0.317 e. The Morgan fingerprint density at radius 3 is 2.33 bits per heavy atom. The summed E-state index contributed by atoms with van der Waals surface area (Å²) in [6.07, 6.45) is 3.77. The molecular weight excluding hydrogens is 232 g/mol. The Labute approximate surface area is 109 Å². The second-order valence-corrected chi connectivity index (χ2v) is 5.20. The summed E-state index contributed by atoms with van der Waals surface area (Å²) in [4.78, 5) is 24.5. The first-order valence-electron chi connectivity index (χ1n) is 6.71. The zero-order valence-corrected chi connectivity index (χ0v) is 11.5. The minimum absolute atomic E-state index is 0.0527. The molecule has 1 unspecified atom stereocenters. The van der Waals surface area contributed by atoms with Crippen molar-refractivity contribution in [2.45, 2.75) is 58.0 Å². The average Bonchev–Trinajstić information content (AvgIpc) is 2.37. The Balaban J connectivity index is 2.36. The predicted molar refractivity (Wildman–Crippen MR) is 69.4 cm³/mol. The zero-order chi connectivity index (χ0) is 13.7. The van der Waals surface area contributed by atoms with Gasteiger partial charge >= 0.3 is 12.0 Å². The quantitative estimate of drug-likeness (QED) is 0.809. The first-order chi connectivity index (χ1) is 8.45. The fourth-order valence-electron chi connectivity index (χ4n) is 2.24. The van der Waals surface area contributed by atoms with Crippen LogP contribution in [-0.4, -0.2) is 41.1 Å². The van der Waals surface area contributed by atoms with Crippen molar-refractivity contribution in [3.05, 3.63) is 0 Å². The third-order valence-corrected chi connectivity index (χ3v) is 3.98. The molecule has 2 amide bonds. The molecule has 5 nitrogen and oxygen atoms in total. The van der Waals surface area contributed by atoms with Gasteiger partial charge in [-0.1, -0.05) is 6.92 Å². The van der Waals surface area contributed by atoms with Gasteiger partial charge in [0.2, 0.25) is 0 Å². The van der Waals surface area contributed by atoms with Crippen LogP contribution in [0.5, 0.6) is 0 Å². The average molecular weight is 256 g/mol. The molecule has 0 bridgehead atoms. The van der Waals surface area contributed by atoms with E-state index >= 15 is 0 Å². The second kappa shape index (κ2) is 6.61. The van der Waals surface area contributed by atoms with Gasteiger partial charge < -0.3 is 15.3 Å². The molecule has 18 heavy (non-hydrogen) atoms. The molecule has 104 valence electrons. The fourth-order valence-corrected chi connectivity index (χ4v) is 2.24. The first kappa shape index (κ1) is 14.8. The lowest BCUT2D eigenvalue weighted by Crippen LogP contribution is -2.47. The number of nitrogens with zero attached hydrogens (tertiary/aromatic N) is 1. The summed E-state index contributed by atoms with van der Waals surface area (Å²) in [5.74, 6) is -0.943. The Hall–Kier alpha value is -1.26. The summed E-state index contributed by atoms with van der Waals surface area (Å²) in [5.41, 5.74) is 0. The van der Waals surface area contributed by atoms with Crippen LogP contribution in [0, 0.1) is 5.92 Å². The Morgan fingerprint density at radius 2 is 1.89 bits per heavy atom. The van der Waals surface area contributed by atoms with Crippen molar-refractivity contribution < 1.29 is 14.7 Å². The zero-order valence-electron chi connectivity index (χ0n) is 11.5. The lowest BCUT2D eigenvalue weighted by molar-refractivity contribution is -0.142. The van der Waals surface area contributed by atoms with Crippen LogP contribution in [0.1, 0.15) is 46.0 Å². The van der Waals surface area contributed by atoms with Gasteiger partial charge in [-0.15, -0.1) is 0 Å². The van der Waals surface area contributed by atoms with Crippen molar-refractivity contribution in [2.75, 3.05) is 7.05 Å². The summed E-state index contributed by atoms with van der Waals surface area (Å²) >= 11 is 0. The number of carbonyl (C=O) groups is 2. The molecular formula is C13H24N2O3. The molecule has 0 radical (unpaired) electrons. The molecule has 2 N–H and O–H groups in total. The van der Waals surface area contributed by atoms with Crippen molar-refractivity contribution in [1.29, 1.82) is 0 Å². The topological polar surface area (TPSA) is 69.6 Å². The van der Waals surface area contributed by atoms with Crippen LogP contribution < -0.4 is 5.32 Å². The molecule has 0 aromatic rings. The molecule has 1 fully saturated rings. The summed E-state index contributed by atoms with van der Waals surface area (Å²) in [7, 11) is 1.80. The van der Waals surface area contributed by atoms with E-state index in [4.69, 9.17) is 5.11 Å². The minimum atomic E-state index is -0.712. The van der Waals surface area contributed by atoms with Crippen molar-refractivity contribution in [3.8, 4) is 0 Å². The van der Waals surface area contributed by atoms with E-state index in [0.717, 1.165) is 19.3 Å². The number of urea groups is 1. The normalized spacial score (nSPS) is 25.3. The maximum absolute atomic E-state index is 11.9. The molecule has 0 aliphatic heterocycles. The predicted octanol–water partition coefficient (Wildman–Crippen LogP) is 2.07. The van der Waals surface area contributed by atoms with Gasteiger partial charge in [-0.3, -0.25) is 4.79 Å². The molecule has 1 rings (SSSR count). The number of rotatable bonds is 4. The SMILES string of the molecule is CCC(C)N(C)C(=O)NC1CCC(C(=O)O)CC1. The lowest BCUT2D eigenvalue weighted by atomic mass is 9.86. The Morgan fingerprint density at radius 1 is 1.33 bits per heavy atom. The molecule has 0 aromatic carbocycles. The third kappa shape index (κ3) is 3.89. The highest BCUT2D eigenvalue weighted by atomic mass is 16.4. The second-order valence-electron chi connectivity index (χ2n) is 5.20. The smallest absolute Gasteiger partial charge is 0.317 e. The lowest BCUT2D eigenvalue weighted by Gasteiger charge is -2.30. The monoisotopic (exact) mass is 256 g/mol. The number of amides is 2. The summed E-state index contributed by atoms with van der Waals surface area (Å²) in [6, 6.07) is 0.295. The summed E-state index contributed by atoms with van der Waals surface area (Å²) in [5, 5.41) is 11.9. The highest BCUT2D eigenvalue weighted by Gasteiger charge is 2.27. The Kier molecular flexibility index (Phi) is 5.44. The van der Waals surface area contributed by atoms with E-state index in [9.17, 15) is 9.59 Å². The number of carbonyl (C=O) groups excluding carboxylic acids is 1. The number of nitrogens with one attached hydrogen (secondary N) is 1. The van der Waals surface area contributed by atoms with Crippen LogP contribution >= 0.6 is 0 Å². The van der Waals surface area contributed by atoms with Gasteiger partial charge in [0, 0.05) is 19.1 Å². The van der Waals surface area contributed by atoms with E-state index in [2.05, 4.69) is 5.32 Å². The van der Waals surface area contributed by atoms with E-state index in [1.165, 1.54) is 0 Å². The van der Waals surface area contributed by atoms with E-state index in [-0.39, 0.29) is 24.0 Å². The van der Waals surface area contributed by atoms with Gasteiger partial charge in [-0.2, -0.15) is 0 Å². The summed E-state index contributed by atoms with van der Waals surface area (Å²) in [6.45, 7) is 4.06. The van der Waals surface area contributed by atoms with Gasteiger partial charge in [0.25, 0.3) is 0 Å². The molecule has 0 saturated heterocycles. The number of carboxylic acid groups (broad SMARTS) is 1. The standard InChI is InChI=1S/C13H24N2O3/c1-4-9(2)15(3)13(18)14-11-7-5-10(6-8-11)12(16)17/h9-11H,4-8H2,1-3H3,(H,14,18)(H,16,17). The van der Waals surface area contributed by atoms with Crippen LogP contribution in [0.25, 0.3) is 0 Å². The number of hydrogen-bond donors (Lipinski definition) is 2. The highest BCUT2D eigenvalue weighted by Crippen LogP contribution is 2.24. The Bertz CT molecular complexity index is 299. The highest BCUT2D eigenvalue weighted by molar-refractivity contribution is 5.74. The van der Waals surface area contributed by atoms with Crippen molar-refractivity contribution in [1.82, 2.24) is 10.2 Å². The molecule has 1 atom stereocenters. The molecule has 5 heteroatoms. The van der Waals surface area contributed by atoms with E-state index in [1.54, 1.807) is 11.9 Å². The van der Waals surface area contributed by atoms with Gasteiger partial charge in [0.1, 0.15) is 0 Å².